The molecule has 2 aromatic rings. The van der Waals surface area contributed by atoms with Crippen LogP contribution >= 0.6 is 11.6 Å². The van der Waals surface area contributed by atoms with E-state index in [4.69, 9.17) is 16.7 Å². The number of hydrogen-bond acceptors (Lipinski definition) is 6. The van der Waals surface area contributed by atoms with Gasteiger partial charge < -0.3 is 15.0 Å². The van der Waals surface area contributed by atoms with Gasteiger partial charge in [0.05, 0.1) is 30.0 Å². The smallest absolute Gasteiger partial charge is 0.387 e. The van der Waals surface area contributed by atoms with E-state index >= 15 is 0 Å². The third kappa shape index (κ3) is 5.98. The monoisotopic (exact) mass is 529 g/mol. The lowest BCUT2D eigenvalue weighted by molar-refractivity contribution is -0.136. The lowest BCUT2D eigenvalue weighted by Crippen LogP contribution is -2.58. The van der Waals surface area contributed by atoms with Gasteiger partial charge in [-0.2, -0.15) is 19.1 Å². The van der Waals surface area contributed by atoms with Crippen molar-refractivity contribution in [1.82, 2.24) is 20.5 Å². The highest BCUT2D eigenvalue weighted by atomic mass is 35.5. The van der Waals surface area contributed by atoms with Crippen LogP contribution in [-0.4, -0.2) is 65.8 Å². The molecule has 1 amide bonds. The first-order valence-corrected chi connectivity index (χ1v) is 12.1. The summed E-state index contributed by atoms with van der Waals surface area (Å²) in [6, 6.07) is 10.6. The van der Waals surface area contributed by atoms with Gasteiger partial charge in [-0.1, -0.05) is 23.7 Å². The van der Waals surface area contributed by atoms with Gasteiger partial charge in [-0.15, -0.1) is 0 Å². The number of hydrazone groups is 1. The number of aryl methyl sites for hydroxylation is 1. The number of ether oxygens (including phenoxy) is 1. The highest BCUT2D eigenvalue weighted by Crippen LogP contribution is 2.26. The highest BCUT2D eigenvalue weighted by molar-refractivity contribution is 6.31. The van der Waals surface area contributed by atoms with Crippen molar-refractivity contribution in [1.29, 1.82) is 5.26 Å². The standard InChI is InChI=1S/C25H26ClF2N7O2/c1-3-34(23(36)20-9-10-30-20)21-13-35(33-22(21)16-7-8-19(26)15(2)11-16)25(31-14-29)32-17-5-4-6-18(12-17)37-24(27)28/h4-8,11-12,20-21,24,30H,3,9-10,13H2,1-2H3,(H,31,32)/t20-,21?/m1/s1. The molecule has 2 heterocycles. The topological polar surface area (TPSA) is 105 Å². The Balaban J connectivity index is 1.72. The van der Waals surface area contributed by atoms with Gasteiger partial charge >= 0.3 is 6.61 Å². The molecule has 1 fully saturated rings. The Morgan fingerprint density at radius 2 is 2.19 bits per heavy atom. The van der Waals surface area contributed by atoms with E-state index < -0.39 is 12.7 Å². The Hall–Kier alpha value is -3.75. The van der Waals surface area contributed by atoms with Crippen LogP contribution in [-0.2, 0) is 4.79 Å². The second-order valence-electron chi connectivity index (χ2n) is 8.51. The number of carbonyl (C=O) groups excluding carboxylic acids is 1. The fraction of sp³-hybridized carbons (Fsp3) is 0.360. The van der Waals surface area contributed by atoms with Crippen LogP contribution in [0.25, 0.3) is 0 Å². The Kier molecular flexibility index (Phi) is 8.21. The third-order valence-electron chi connectivity index (χ3n) is 6.16. The van der Waals surface area contributed by atoms with Gasteiger partial charge in [-0.25, -0.2) is 10.0 Å². The van der Waals surface area contributed by atoms with Crippen LogP contribution in [0.3, 0.4) is 0 Å². The van der Waals surface area contributed by atoms with Crippen LogP contribution in [0.15, 0.2) is 52.6 Å². The summed E-state index contributed by atoms with van der Waals surface area (Å²) in [4.78, 5) is 19.4. The van der Waals surface area contributed by atoms with Crippen molar-refractivity contribution in [3.05, 3.63) is 58.6 Å². The summed E-state index contributed by atoms with van der Waals surface area (Å²) in [5.41, 5.74) is 2.54. The molecule has 0 aliphatic carbocycles. The molecule has 37 heavy (non-hydrogen) atoms. The lowest BCUT2D eigenvalue weighted by atomic mass is 9.98. The zero-order valence-corrected chi connectivity index (χ0v) is 21.0. The van der Waals surface area contributed by atoms with E-state index in [-0.39, 0.29) is 35.9 Å². The van der Waals surface area contributed by atoms with Crippen molar-refractivity contribution >= 4 is 34.9 Å². The van der Waals surface area contributed by atoms with Crippen LogP contribution in [0.4, 0.5) is 14.5 Å². The molecular formula is C25H26ClF2N7O2. The van der Waals surface area contributed by atoms with Gasteiger partial charge in [0.15, 0.2) is 6.19 Å². The molecule has 2 aliphatic rings. The van der Waals surface area contributed by atoms with E-state index in [0.29, 0.717) is 17.3 Å². The molecule has 2 aliphatic heterocycles. The summed E-state index contributed by atoms with van der Waals surface area (Å²) in [5, 5.41) is 21.9. The second kappa shape index (κ2) is 11.5. The first-order chi connectivity index (χ1) is 17.8. The summed E-state index contributed by atoms with van der Waals surface area (Å²) in [6.07, 6.45) is 2.61. The van der Waals surface area contributed by atoms with Crippen LogP contribution in [0, 0.1) is 18.4 Å². The summed E-state index contributed by atoms with van der Waals surface area (Å²) in [7, 11) is 0. The van der Waals surface area contributed by atoms with Gasteiger partial charge in [-0.3, -0.25) is 10.1 Å². The van der Waals surface area contributed by atoms with Crippen LogP contribution < -0.4 is 15.4 Å². The van der Waals surface area contributed by atoms with E-state index in [9.17, 15) is 18.8 Å². The van der Waals surface area contributed by atoms with E-state index in [1.165, 1.54) is 23.2 Å². The maximum atomic E-state index is 13.3. The Bertz CT molecular complexity index is 1260. The lowest BCUT2D eigenvalue weighted by Gasteiger charge is -2.36. The van der Waals surface area contributed by atoms with Gasteiger partial charge in [-0.05, 0) is 56.6 Å². The molecule has 1 unspecified atom stereocenters. The predicted molar refractivity (Wildman–Crippen MR) is 136 cm³/mol. The molecule has 0 bridgehead atoms. The number of aliphatic imine (C=N–C) groups is 1. The highest BCUT2D eigenvalue weighted by Gasteiger charge is 2.39. The first kappa shape index (κ1) is 26.3. The maximum absolute atomic E-state index is 13.3. The van der Waals surface area contributed by atoms with Gasteiger partial charge in [0, 0.05) is 23.2 Å². The average Bonchev–Trinajstić information content (AvgIpc) is 3.25. The Labute approximate surface area is 218 Å². The molecule has 4 rings (SSSR count). The molecule has 0 saturated carbocycles. The van der Waals surface area contributed by atoms with Gasteiger partial charge in [0.1, 0.15) is 5.75 Å². The molecule has 0 radical (unpaired) electrons. The molecular weight excluding hydrogens is 504 g/mol. The van der Waals surface area contributed by atoms with Crippen molar-refractivity contribution in [2.24, 2.45) is 10.1 Å². The number of amides is 1. The molecule has 0 spiro atoms. The Morgan fingerprint density at radius 3 is 2.81 bits per heavy atom. The minimum atomic E-state index is -2.98. The number of likely N-dealkylation sites (N-methyl/N-ethyl adjacent to an activating group) is 1. The number of nitrogens with one attached hydrogen (secondary N) is 2. The van der Waals surface area contributed by atoms with Gasteiger partial charge in [0.2, 0.25) is 11.9 Å². The largest absolute Gasteiger partial charge is 0.435 e. The predicted octanol–water partition coefficient (Wildman–Crippen LogP) is 3.61. The number of alkyl halides is 2. The van der Waals surface area contributed by atoms with Crippen molar-refractivity contribution < 1.29 is 18.3 Å². The third-order valence-corrected chi connectivity index (χ3v) is 6.58. The quantitative estimate of drug-likeness (QED) is 0.246. The van der Waals surface area contributed by atoms with Crippen molar-refractivity contribution in [3.63, 3.8) is 0 Å². The van der Waals surface area contributed by atoms with Crippen LogP contribution in [0.1, 0.15) is 24.5 Å². The number of rotatable bonds is 7. The number of guanidine groups is 1. The second-order valence-corrected chi connectivity index (χ2v) is 8.92. The Morgan fingerprint density at radius 1 is 1.41 bits per heavy atom. The van der Waals surface area contributed by atoms with Crippen molar-refractivity contribution in [2.45, 2.75) is 39.0 Å². The fourth-order valence-electron chi connectivity index (χ4n) is 4.20. The SMILES string of the molecule is CCN(C(=O)[C@H]1CCN1)C1CN(C(=Nc2cccc(OC(F)F)c2)NC#N)N=C1c1ccc(Cl)c(C)c1. The van der Waals surface area contributed by atoms with Crippen molar-refractivity contribution in [2.75, 3.05) is 19.6 Å². The minimum Gasteiger partial charge on any atom is -0.435 e. The molecule has 2 atom stereocenters. The molecule has 12 heteroatoms. The van der Waals surface area contributed by atoms with E-state index in [0.717, 1.165) is 24.1 Å². The first-order valence-electron chi connectivity index (χ1n) is 11.8. The average molecular weight is 530 g/mol. The minimum absolute atomic E-state index is 0.0254. The normalized spacial score (nSPS) is 19.2. The number of nitrogens with zero attached hydrogens (tertiary/aromatic N) is 5. The van der Waals surface area contributed by atoms with Crippen LogP contribution in [0.2, 0.25) is 5.02 Å². The van der Waals surface area contributed by atoms with Crippen LogP contribution in [0.5, 0.6) is 5.75 Å². The van der Waals surface area contributed by atoms with Crippen molar-refractivity contribution in [3.8, 4) is 11.9 Å². The summed E-state index contributed by atoms with van der Waals surface area (Å²) in [6.45, 7) is 2.28. The molecule has 2 aromatic carbocycles. The fourth-order valence-corrected chi connectivity index (χ4v) is 4.32. The summed E-state index contributed by atoms with van der Waals surface area (Å²) in [5.74, 6) is -0.0151. The molecule has 9 nitrogen and oxygen atoms in total. The number of carbonyl (C=O) groups is 1. The summed E-state index contributed by atoms with van der Waals surface area (Å²) >= 11 is 6.24. The molecule has 2 N–H and O–H groups in total. The molecule has 0 aromatic heterocycles. The zero-order valence-electron chi connectivity index (χ0n) is 20.3. The molecule has 1 saturated heterocycles. The van der Waals surface area contributed by atoms with E-state index in [1.54, 1.807) is 17.0 Å². The van der Waals surface area contributed by atoms with Gasteiger partial charge in [0.25, 0.3) is 0 Å². The molecule has 194 valence electrons. The summed E-state index contributed by atoms with van der Waals surface area (Å²) < 4.78 is 29.8. The van der Waals surface area contributed by atoms with E-state index in [2.05, 4.69) is 20.4 Å². The zero-order chi connectivity index (χ0) is 26.5. The number of nitriles is 1. The number of hydrogen-bond donors (Lipinski definition) is 2. The number of benzene rings is 2. The maximum Gasteiger partial charge on any atom is 0.387 e. The number of halogens is 3. The van der Waals surface area contributed by atoms with E-state index in [1.807, 2.05) is 32.2 Å².